The van der Waals surface area contributed by atoms with Crippen molar-refractivity contribution in [2.75, 3.05) is 13.1 Å². The highest BCUT2D eigenvalue weighted by molar-refractivity contribution is 7.09. The molecule has 1 aromatic heterocycles. The molecule has 1 aromatic rings. The molecule has 0 unspecified atom stereocenters. The summed E-state index contributed by atoms with van der Waals surface area (Å²) in [5, 5.41) is 0. The van der Waals surface area contributed by atoms with E-state index >= 15 is 0 Å². The van der Waals surface area contributed by atoms with Gasteiger partial charge in [0.1, 0.15) is 0 Å². The van der Waals surface area contributed by atoms with Crippen LogP contribution in [-0.2, 0) is 13.0 Å². The zero-order valence-electron chi connectivity index (χ0n) is 8.79. The molecule has 0 aromatic carbocycles. The van der Waals surface area contributed by atoms with Crippen LogP contribution in [0.2, 0.25) is 0 Å². The molecule has 0 fully saturated rings. The summed E-state index contributed by atoms with van der Waals surface area (Å²) in [4.78, 5) is 8.23. The van der Waals surface area contributed by atoms with E-state index in [9.17, 15) is 0 Å². The fraction of sp³-hybridized carbons (Fsp3) is 0.700. The predicted octanol–water partition coefficient (Wildman–Crippen LogP) is 1.24. The van der Waals surface area contributed by atoms with Gasteiger partial charge in [-0.1, -0.05) is 0 Å². The van der Waals surface area contributed by atoms with Crippen molar-refractivity contribution in [2.24, 2.45) is 5.73 Å². The Morgan fingerprint density at radius 1 is 1.64 bits per heavy atom. The second-order valence-electron chi connectivity index (χ2n) is 4.41. The molecule has 78 valence electrons. The molecular weight excluding hydrogens is 194 g/mol. The van der Waals surface area contributed by atoms with Crippen LogP contribution in [0.1, 0.15) is 24.4 Å². The topological polar surface area (TPSA) is 42.1 Å². The number of hydrogen-bond acceptors (Lipinski definition) is 4. The van der Waals surface area contributed by atoms with E-state index in [0.29, 0.717) is 6.54 Å². The highest BCUT2D eigenvalue weighted by atomic mass is 32.1. The maximum absolute atomic E-state index is 5.78. The van der Waals surface area contributed by atoms with Gasteiger partial charge in [0.15, 0.2) is 0 Å². The van der Waals surface area contributed by atoms with Crippen LogP contribution in [-0.4, -0.2) is 28.5 Å². The molecule has 0 spiro atoms. The minimum Gasteiger partial charge on any atom is -0.329 e. The van der Waals surface area contributed by atoms with E-state index in [1.807, 2.05) is 5.51 Å². The summed E-state index contributed by atoms with van der Waals surface area (Å²) >= 11 is 1.76. The van der Waals surface area contributed by atoms with Gasteiger partial charge < -0.3 is 5.73 Å². The van der Waals surface area contributed by atoms with Crippen LogP contribution in [0.3, 0.4) is 0 Å². The van der Waals surface area contributed by atoms with Gasteiger partial charge in [-0.05, 0) is 13.8 Å². The Morgan fingerprint density at radius 3 is 3.14 bits per heavy atom. The SMILES string of the molecule is CC(C)(CN)N1CCc2ncsc2C1. The third-order valence-electron chi connectivity index (χ3n) is 3.03. The summed E-state index contributed by atoms with van der Waals surface area (Å²) in [6, 6.07) is 0. The Labute approximate surface area is 88.9 Å². The Bertz CT molecular complexity index is 319. The van der Waals surface area contributed by atoms with E-state index in [1.165, 1.54) is 10.6 Å². The number of thiazole rings is 1. The summed E-state index contributed by atoms with van der Waals surface area (Å²) in [5.74, 6) is 0. The van der Waals surface area contributed by atoms with E-state index in [-0.39, 0.29) is 5.54 Å². The molecule has 2 heterocycles. The van der Waals surface area contributed by atoms with Crippen molar-refractivity contribution < 1.29 is 0 Å². The minimum absolute atomic E-state index is 0.113. The van der Waals surface area contributed by atoms with Crippen molar-refractivity contribution in [2.45, 2.75) is 32.4 Å². The lowest BCUT2D eigenvalue weighted by Gasteiger charge is -2.39. The first-order valence-electron chi connectivity index (χ1n) is 5.00. The van der Waals surface area contributed by atoms with E-state index in [0.717, 1.165) is 19.5 Å². The average molecular weight is 211 g/mol. The van der Waals surface area contributed by atoms with Crippen LogP contribution in [0.4, 0.5) is 0 Å². The number of hydrogen-bond donors (Lipinski definition) is 1. The van der Waals surface area contributed by atoms with Gasteiger partial charge in [0.2, 0.25) is 0 Å². The van der Waals surface area contributed by atoms with Crippen molar-refractivity contribution in [3.05, 3.63) is 16.1 Å². The summed E-state index contributed by atoms with van der Waals surface area (Å²) in [6.45, 7) is 7.23. The van der Waals surface area contributed by atoms with Crippen LogP contribution < -0.4 is 5.73 Å². The molecular formula is C10H17N3S. The number of rotatable bonds is 2. The second kappa shape index (κ2) is 3.61. The average Bonchev–Trinajstić information content (AvgIpc) is 2.64. The van der Waals surface area contributed by atoms with E-state index in [4.69, 9.17) is 5.73 Å². The Kier molecular flexibility index (Phi) is 2.60. The number of nitrogens with zero attached hydrogens (tertiary/aromatic N) is 2. The Hall–Kier alpha value is -0.450. The fourth-order valence-corrected chi connectivity index (χ4v) is 2.59. The Morgan fingerprint density at radius 2 is 2.43 bits per heavy atom. The highest BCUT2D eigenvalue weighted by Gasteiger charge is 2.29. The first-order valence-corrected chi connectivity index (χ1v) is 5.88. The fourth-order valence-electron chi connectivity index (χ4n) is 1.77. The third kappa shape index (κ3) is 1.69. The number of aromatic nitrogens is 1. The standard InChI is InChI=1S/C10H17N3S/c1-10(2,6-11)13-4-3-8-9(5-13)14-7-12-8/h7H,3-6,11H2,1-2H3. The van der Waals surface area contributed by atoms with Crippen LogP contribution in [0, 0.1) is 0 Å². The molecule has 0 saturated heterocycles. The third-order valence-corrected chi connectivity index (χ3v) is 3.89. The van der Waals surface area contributed by atoms with E-state index in [2.05, 4.69) is 23.7 Å². The molecule has 1 aliphatic rings. The van der Waals surface area contributed by atoms with Crippen LogP contribution in [0.15, 0.2) is 5.51 Å². The summed E-state index contributed by atoms with van der Waals surface area (Å²) in [7, 11) is 0. The van der Waals surface area contributed by atoms with Gasteiger partial charge in [0.05, 0.1) is 11.2 Å². The van der Waals surface area contributed by atoms with Crippen molar-refractivity contribution in [1.82, 2.24) is 9.88 Å². The van der Waals surface area contributed by atoms with E-state index in [1.54, 1.807) is 11.3 Å². The number of fused-ring (bicyclic) bond motifs is 1. The van der Waals surface area contributed by atoms with Gasteiger partial charge in [-0.15, -0.1) is 11.3 Å². The minimum atomic E-state index is 0.113. The van der Waals surface area contributed by atoms with Crippen LogP contribution in [0.5, 0.6) is 0 Å². The van der Waals surface area contributed by atoms with Gasteiger partial charge in [-0.2, -0.15) is 0 Å². The lowest BCUT2D eigenvalue weighted by Crippen LogP contribution is -2.50. The highest BCUT2D eigenvalue weighted by Crippen LogP contribution is 2.26. The maximum atomic E-state index is 5.78. The van der Waals surface area contributed by atoms with Crippen molar-refractivity contribution in [3.8, 4) is 0 Å². The lowest BCUT2D eigenvalue weighted by atomic mass is 10.00. The first kappa shape index (κ1) is 10.1. The van der Waals surface area contributed by atoms with Crippen molar-refractivity contribution in [3.63, 3.8) is 0 Å². The molecule has 1 aliphatic heterocycles. The molecule has 0 aliphatic carbocycles. The molecule has 2 N–H and O–H groups in total. The smallest absolute Gasteiger partial charge is 0.0798 e. The largest absolute Gasteiger partial charge is 0.329 e. The van der Waals surface area contributed by atoms with Gasteiger partial charge in [0.25, 0.3) is 0 Å². The molecule has 0 radical (unpaired) electrons. The predicted molar refractivity (Wildman–Crippen MR) is 59.4 cm³/mol. The van der Waals surface area contributed by atoms with Gasteiger partial charge >= 0.3 is 0 Å². The molecule has 2 rings (SSSR count). The molecule has 0 saturated carbocycles. The monoisotopic (exact) mass is 211 g/mol. The normalized spacial score (nSPS) is 18.2. The lowest BCUT2D eigenvalue weighted by molar-refractivity contribution is 0.112. The molecule has 0 bridgehead atoms. The zero-order chi connectivity index (χ0) is 10.2. The number of nitrogens with two attached hydrogens (primary N) is 1. The molecule has 4 heteroatoms. The Balaban J connectivity index is 2.15. The summed E-state index contributed by atoms with van der Waals surface area (Å²) < 4.78 is 0. The maximum Gasteiger partial charge on any atom is 0.0798 e. The summed E-state index contributed by atoms with van der Waals surface area (Å²) in [6.07, 6.45) is 1.07. The van der Waals surface area contributed by atoms with Crippen LogP contribution in [0.25, 0.3) is 0 Å². The van der Waals surface area contributed by atoms with Crippen molar-refractivity contribution in [1.29, 1.82) is 0 Å². The molecule has 0 amide bonds. The van der Waals surface area contributed by atoms with Crippen molar-refractivity contribution >= 4 is 11.3 Å². The molecule has 14 heavy (non-hydrogen) atoms. The van der Waals surface area contributed by atoms with Gasteiger partial charge in [-0.25, -0.2) is 4.98 Å². The molecule has 0 atom stereocenters. The summed E-state index contributed by atoms with van der Waals surface area (Å²) in [5.41, 5.74) is 9.13. The van der Waals surface area contributed by atoms with Gasteiger partial charge in [-0.3, -0.25) is 4.90 Å². The van der Waals surface area contributed by atoms with Gasteiger partial charge in [0, 0.05) is 36.5 Å². The molecule has 3 nitrogen and oxygen atoms in total. The zero-order valence-corrected chi connectivity index (χ0v) is 9.60. The van der Waals surface area contributed by atoms with Crippen LogP contribution >= 0.6 is 11.3 Å². The first-order chi connectivity index (χ1) is 6.63. The van der Waals surface area contributed by atoms with E-state index < -0.39 is 0 Å². The quantitative estimate of drug-likeness (QED) is 0.800. The second-order valence-corrected chi connectivity index (χ2v) is 5.35.